The smallest absolute Gasteiger partial charge is 0.104 e. The Bertz CT molecular complexity index is 429. The third-order valence-electron chi connectivity index (χ3n) is 1.44. The van der Waals surface area contributed by atoms with E-state index in [4.69, 9.17) is 0 Å². The maximum absolute atomic E-state index is 4.05. The zero-order valence-corrected chi connectivity index (χ0v) is 8.70. The van der Waals surface area contributed by atoms with Gasteiger partial charge in [0.15, 0.2) is 0 Å². The minimum Gasteiger partial charge on any atom is -0.182 e. The fourth-order valence-corrected chi connectivity index (χ4v) is 1.66. The Morgan fingerprint density at radius 2 is 1.36 bits per heavy atom. The van der Waals surface area contributed by atoms with Crippen LogP contribution in [-0.2, 0) is 0 Å². The third-order valence-corrected chi connectivity index (χ3v) is 2.43. The largest absolute Gasteiger partial charge is 0.182 e. The number of hydrogen-bond donors (Lipinski definition) is 0. The van der Waals surface area contributed by atoms with Crippen LogP contribution in [0.15, 0.2) is 36.7 Å². The Hall–Kier alpha value is -1.40. The quantitative estimate of drug-likeness (QED) is 0.585. The molecule has 0 saturated heterocycles. The van der Waals surface area contributed by atoms with Crippen molar-refractivity contribution < 1.29 is 0 Å². The maximum atomic E-state index is 4.05. The van der Waals surface area contributed by atoms with Crippen LogP contribution in [0.2, 0.25) is 0 Å². The summed E-state index contributed by atoms with van der Waals surface area (Å²) in [6.07, 6.45) is 3.31. The first-order valence-electron chi connectivity index (χ1n) is 3.85. The summed E-state index contributed by atoms with van der Waals surface area (Å²) < 4.78 is 15.4. The van der Waals surface area contributed by atoms with E-state index in [1.165, 1.54) is 23.5 Å². The molecule has 0 aliphatic carbocycles. The molecule has 0 fully saturated rings. The summed E-state index contributed by atoms with van der Waals surface area (Å²) in [6, 6.07) is 7.84. The summed E-state index contributed by atoms with van der Waals surface area (Å²) in [7, 11) is 0. The first-order valence-corrected chi connectivity index (χ1v) is 5.32. The van der Waals surface area contributed by atoms with Crippen molar-refractivity contribution in [3.8, 4) is 0 Å². The molecule has 0 unspecified atom stereocenters. The Labute approximate surface area is 88.9 Å². The van der Waals surface area contributed by atoms with E-state index in [1.54, 1.807) is 12.4 Å². The molecule has 0 atom stereocenters. The molecule has 4 nitrogen and oxygen atoms in total. The van der Waals surface area contributed by atoms with Gasteiger partial charge >= 0.3 is 0 Å². The molecule has 0 saturated carbocycles. The molecule has 0 N–H and O–H groups in total. The van der Waals surface area contributed by atoms with Crippen LogP contribution in [-0.4, -0.2) is 17.5 Å². The van der Waals surface area contributed by atoms with Gasteiger partial charge in [0.25, 0.3) is 0 Å². The van der Waals surface area contributed by atoms with Gasteiger partial charge in [0.2, 0.25) is 0 Å². The van der Waals surface area contributed by atoms with Crippen LogP contribution in [0.4, 0.5) is 0 Å². The predicted molar refractivity (Wildman–Crippen MR) is 57.3 cm³/mol. The third kappa shape index (κ3) is 2.30. The van der Waals surface area contributed by atoms with Crippen LogP contribution >= 0.6 is 23.5 Å². The van der Waals surface area contributed by atoms with E-state index in [2.05, 4.69) is 17.5 Å². The predicted octanol–water partition coefficient (Wildman–Crippen LogP) is 2.23. The number of hydrogen-bond acceptors (Lipinski definition) is 6. The van der Waals surface area contributed by atoms with Crippen molar-refractivity contribution in [1.29, 1.82) is 0 Å². The molecule has 2 aromatic heterocycles. The molecule has 3 aromatic rings. The Kier molecular flexibility index (Phi) is 3.10. The molecule has 6 heteroatoms. The van der Waals surface area contributed by atoms with Crippen LogP contribution in [0.3, 0.4) is 0 Å². The highest BCUT2D eigenvalue weighted by atomic mass is 32.1. The van der Waals surface area contributed by atoms with Gasteiger partial charge in [-0.1, -0.05) is 12.1 Å². The van der Waals surface area contributed by atoms with Gasteiger partial charge in [-0.2, -0.15) is 17.5 Å². The summed E-state index contributed by atoms with van der Waals surface area (Å²) in [5, 5.41) is 0. The fraction of sp³-hybridized carbons (Fsp3) is 0. The van der Waals surface area contributed by atoms with Crippen LogP contribution in [0, 0.1) is 0 Å². The molecule has 3 rings (SSSR count). The molecule has 0 radical (unpaired) electrons. The monoisotopic (exact) mass is 222 g/mol. The summed E-state index contributed by atoms with van der Waals surface area (Å²) in [6.45, 7) is 0. The van der Waals surface area contributed by atoms with E-state index >= 15 is 0 Å². The second kappa shape index (κ2) is 4.73. The molecule has 0 aliphatic heterocycles. The molecule has 70 valence electrons. The van der Waals surface area contributed by atoms with Crippen LogP contribution < -0.4 is 0 Å². The molecule has 14 heavy (non-hydrogen) atoms. The van der Waals surface area contributed by atoms with Crippen molar-refractivity contribution in [1.82, 2.24) is 17.5 Å². The highest BCUT2D eigenvalue weighted by Gasteiger charge is 1.91. The van der Waals surface area contributed by atoms with E-state index < -0.39 is 0 Å². The van der Waals surface area contributed by atoms with Gasteiger partial charge in [-0.15, -0.1) is 0 Å². The fourth-order valence-electron chi connectivity index (χ4n) is 0.863. The first-order chi connectivity index (χ1) is 6.97. The molecule has 2 heterocycles. The van der Waals surface area contributed by atoms with E-state index in [0.29, 0.717) is 0 Å². The topological polar surface area (TPSA) is 51.6 Å². The maximum Gasteiger partial charge on any atom is 0.104 e. The Morgan fingerprint density at radius 1 is 0.786 bits per heavy atom. The highest BCUT2D eigenvalue weighted by molar-refractivity contribution is 7.00. The molecule has 0 amide bonds. The van der Waals surface area contributed by atoms with Crippen molar-refractivity contribution in [3.05, 3.63) is 36.7 Å². The van der Waals surface area contributed by atoms with E-state index in [-0.39, 0.29) is 0 Å². The minimum absolute atomic E-state index is 0.988. The van der Waals surface area contributed by atoms with Crippen molar-refractivity contribution >= 4 is 34.5 Å². The average molecular weight is 222 g/mol. The van der Waals surface area contributed by atoms with Gasteiger partial charge in [-0.25, -0.2) is 0 Å². The number of aromatic nitrogens is 4. The van der Waals surface area contributed by atoms with Gasteiger partial charge < -0.3 is 0 Å². The van der Waals surface area contributed by atoms with Gasteiger partial charge in [-0.3, -0.25) is 0 Å². The minimum atomic E-state index is 0.988. The van der Waals surface area contributed by atoms with Crippen LogP contribution in [0.5, 0.6) is 0 Å². The van der Waals surface area contributed by atoms with E-state index in [9.17, 15) is 0 Å². The van der Waals surface area contributed by atoms with E-state index in [0.717, 1.165) is 11.0 Å². The lowest BCUT2D eigenvalue weighted by atomic mass is 10.3. The Balaban J connectivity index is 0.000000128. The molecular weight excluding hydrogens is 216 g/mol. The van der Waals surface area contributed by atoms with E-state index in [1.807, 2.05) is 24.3 Å². The van der Waals surface area contributed by atoms with Crippen molar-refractivity contribution in [2.45, 2.75) is 0 Å². The van der Waals surface area contributed by atoms with Gasteiger partial charge in [0, 0.05) is 0 Å². The SMILES string of the molecule is c1ccc2nsnc2c1.c1cnsn1. The van der Waals surface area contributed by atoms with Gasteiger partial charge in [-0.05, 0) is 12.1 Å². The molecule has 0 bridgehead atoms. The lowest BCUT2D eigenvalue weighted by molar-refractivity contribution is 1.53. The normalized spacial score (nSPS) is 9.43. The van der Waals surface area contributed by atoms with Crippen LogP contribution in [0.1, 0.15) is 0 Å². The second-order valence-corrected chi connectivity index (χ2v) is 3.46. The molecular formula is C8H6N4S2. The highest BCUT2D eigenvalue weighted by Crippen LogP contribution is 2.08. The zero-order valence-electron chi connectivity index (χ0n) is 7.07. The second-order valence-electron chi connectivity index (χ2n) is 2.34. The number of benzene rings is 1. The van der Waals surface area contributed by atoms with Gasteiger partial charge in [0.1, 0.15) is 11.0 Å². The summed E-state index contributed by atoms with van der Waals surface area (Å²) in [4.78, 5) is 0. The van der Waals surface area contributed by atoms with Gasteiger partial charge in [0.05, 0.1) is 35.9 Å². The zero-order chi connectivity index (χ0) is 9.64. The summed E-state index contributed by atoms with van der Waals surface area (Å²) in [5.74, 6) is 0. The lowest BCUT2D eigenvalue weighted by Crippen LogP contribution is -1.63. The molecule has 0 aliphatic rings. The standard InChI is InChI=1S/C6H4N2S.C2H2N2S/c1-2-4-6-5(3-1)7-9-8-6;1-2-4-5-3-1/h1-4H;1-2H. The lowest BCUT2D eigenvalue weighted by Gasteiger charge is -1.78. The first kappa shape index (κ1) is 9.17. The average Bonchev–Trinajstić information content (AvgIpc) is 2.92. The van der Waals surface area contributed by atoms with Crippen molar-refractivity contribution in [2.24, 2.45) is 0 Å². The molecule has 0 spiro atoms. The summed E-state index contributed by atoms with van der Waals surface area (Å²) in [5.41, 5.74) is 1.98. The van der Waals surface area contributed by atoms with Crippen molar-refractivity contribution in [2.75, 3.05) is 0 Å². The number of nitrogens with zero attached hydrogens (tertiary/aromatic N) is 4. The number of rotatable bonds is 0. The summed E-state index contributed by atoms with van der Waals surface area (Å²) >= 11 is 2.47. The molecule has 1 aromatic carbocycles. The van der Waals surface area contributed by atoms with Crippen molar-refractivity contribution in [3.63, 3.8) is 0 Å². The Morgan fingerprint density at radius 3 is 1.79 bits per heavy atom. The number of fused-ring (bicyclic) bond motifs is 1. The van der Waals surface area contributed by atoms with Crippen LogP contribution in [0.25, 0.3) is 11.0 Å².